The van der Waals surface area contributed by atoms with Crippen molar-refractivity contribution in [2.45, 2.75) is 6.61 Å². The Balaban J connectivity index is 1.88. The zero-order valence-electron chi connectivity index (χ0n) is 10.6. The number of hydrogen-bond donors (Lipinski definition) is 1. The zero-order valence-corrected chi connectivity index (χ0v) is 12.2. The number of rotatable bonds is 6. The Hall–Kier alpha value is -1.85. The van der Waals surface area contributed by atoms with Crippen molar-refractivity contribution in [2.75, 3.05) is 6.79 Å². The molecular weight excluding hydrogens is 324 g/mol. The number of carboxylic acids is 1. The Kier molecular flexibility index (Phi) is 5.15. The molecule has 4 nitrogen and oxygen atoms in total. The third-order valence-corrected chi connectivity index (χ3v) is 3.24. The lowest BCUT2D eigenvalue weighted by Gasteiger charge is -2.09. The maximum atomic E-state index is 10.9. The van der Waals surface area contributed by atoms with E-state index in [-0.39, 0.29) is 12.4 Å². The molecule has 0 heterocycles. The van der Waals surface area contributed by atoms with Crippen LogP contribution in [-0.2, 0) is 11.3 Å². The van der Waals surface area contributed by atoms with Crippen molar-refractivity contribution in [3.63, 3.8) is 0 Å². The Bertz CT molecular complexity index is 584. The molecule has 0 amide bonds. The van der Waals surface area contributed by atoms with Gasteiger partial charge in [-0.3, -0.25) is 0 Å². The van der Waals surface area contributed by atoms with Gasteiger partial charge in [-0.05, 0) is 39.7 Å². The van der Waals surface area contributed by atoms with Crippen LogP contribution < -0.4 is 4.74 Å². The molecule has 1 N–H and O–H groups in total. The van der Waals surface area contributed by atoms with Crippen LogP contribution in [0.1, 0.15) is 15.9 Å². The van der Waals surface area contributed by atoms with Crippen molar-refractivity contribution in [1.29, 1.82) is 0 Å². The van der Waals surface area contributed by atoms with E-state index in [1.807, 2.05) is 30.3 Å². The van der Waals surface area contributed by atoms with Gasteiger partial charge in [0, 0.05) is 0 Å². The maximum absolute atomic E-state index is 10.9. The summed E-state index contributed by atoms with van der Waals surface area (Å²) in [6, 6.07) is 14.3. The number of carbonyl (C=O) groups is 1. The fraction of sp³-hybridized carbons (Fsp3) is 0.133. The van der Waals surface area contributed by atoms with E-state index in [1.54, 1.807) is 6.07 Å². The molecule has 0 aliphatic carbocycles. The molecule has 0 spiro atoms. The Morgan fingerprint density at radius 3 is 2.60 bits per heavy atom. The molecule has 104 valence electrons. The minimum absolute atomic E-state index is 0.0521. The van der Waals surface area contributed by atoms with Crippen LogP contribution in [0.2, 0.25) is 0 Å². The van der Waals surface area contributed by atoms with Crippen molar-refractivity contribution in [3.8, 4) is 5.75 Å². The first-order valence-electron chi connectivity index (χ1n) is 5.94. The summed E-state index contributed by atoms with van der Waals surface area (Å²) in [5.74, 6) is -0.550. The van der Waals surface area contributed by atoms with Crippen molar-refractivity contribution in [3.05, 3.63) is 64.1 Å². The predicted octanol–water partition coefficient (Wildman–Crippen LogP) is 3.70. The van der Waals surface area contributed by atoms with E-state index in [2.05, 4.69) is 15.9 Å². The average Bonchev–Trinajstić information content (AvgIpc) is 2.46. The number of benzene rings is 2. The van der Waals surface area contributed by atoms with Crippen LogP contribution in [0.15, 0.2) is 53.0 Å². The molecule has 0 aromatic heterocycles. The van der Waals surface area contributed by atoms with Gasteiger partial charge in [0.1, 0.15) is 5.75 Å². The summed E-state index contributed by atoms with van der Waals surface area (Å²) < 4.78 is 11.5. The van der Waals surface area contributed by atoms with Gasteiger partial charge in [-0.2, -0.15) is 0 Å². The molecule has 5 heteroatoms. The van der Waals surface area contributed by atoms with Gasteiger partial charge in [0.25, 0.3) is 0 Å². The van der Waals surface area contributed by atoms with E-state index >= 15 is 0 Å². The number of ether oxygens (including phenoxy) is 2. The van der Waals surface area contributed by atoms with Crippen molar-refractivity contribution in [1.82, 2.24) is 0 Å². The largest absolute Gasteiger partial charge is 0.478 e. The summed E-state index contributed by atoms with van der Waals surface area (Å²) in [7, 11) is 0. The highest BCUT2D eigenvalue weighted by atomic mass is 79.9. The quantitative estimate of drug-likeness (QED) is 0.645. The van der Waals surface area contributed by atoms with E-state index in [9.17, 15) is 4.79 Å². The van der Waals surface area contributed by atoms with Crippen LogP contribution in [0.4, 0.5) is 0 Å². The predicted molar refractivity (Wildman–Crippen MR) is 77.8 cm³/mol. The van der Waals surface area contributed by atoms with Gasteiger partial charge in [0.15, 0.2) is 6.79 Å². The minimum Gasteiger partial charge on any atom is -0.478 e. The van der Waals surface area contributed by atoms with E-state index in [0.29, 0.717) is 16.8 Å². The molecule has 20 heavy (non-hydrogen) atoms. The monoisotopic (exact) mass is 336 g/mol. The molecule has 2 aromatic rings. The highest BCUT2D eigenvalue weighted by Crippen LogP contribution is 2.26. The molecule has 0 bridgehead atoms. The van der Waals surface area contributed by atoms with Gasteiger partial charge in [-0.25, -0.2) is 4.79 Å². The van der Waals surface area contributed by atoms with Gasteiger partial charge < -0.3 is 14.6 Å². The first kappa shape index (κ1) is 14.6. The Morgan fingerprint density at radius 2 is 1.90 bits per heavy atom. The van der Waals surface area contributed by atoms with Crippen LogP contribution in [0.3, 0.4) is 0 Å². The zero-order chi connectivity index (χ0) is 14.4. The Morgan fingerprint density at radius 1 is 1.15 bits per heavy atom. The van der Waals surface area contributed by atoms with E-state index in [1.165, 1.54) is 12.1 Å². The summed E-state index contributed by atoms with van der Waals surface area (Å²) in [4.78, 5) is 10.9. The molecule has 0 fully saturated rings. The van der Waals surface area contributed by atoms with E-state index in [4.69, 9.17) is 14.6 Å². The summed E-state index contributed by atoms with van der Waals surface area (Å²) in [5, 5.41) is 8.92. The molecule has 0 unspecified atom stereocenters. The Labute approximate surface area is 125 Å². The maximum Gasteiger partial charge on any atom is 0.335 e. The van der Waals surface area contributed by atoms with E-state index < -0.39 is 5.97 Å². The SMILES string of the molecule is O=C(O)c1ccc(Br)c(OCOCc2ccccc2)c1. The summed E-state index contributed by atoms with van der Waals surface area (Å²) >= 11 is 3.30. The second-order valence-electron chi connectivity index (χ2n) is 4.05. The van der Waals surface area contributed by atoms with Crippen LogP contribution >= 0.6 is 15.9 Å². The molecule has 0 aliphatic rings. The summed E-state index contributed by atoms with van der Waals surface area (Å²) in [6.07, 6.45) is 0. The number of aromatic carboxylic acids is 1. The van der Waals surface area contributed by atoms with Crippen molar-refractivity contribution >= 4 is 21.9 Å². The highest BCUT2D eigenvalue weighted by molar-refractivity contribution is 9.10. The lowest BCUT2D eigenvalue weighted by molar-refractivity contribution is 0.00455. The van der Waals surface area contributed by atoms with Gasteiger partial charge in [-0.1, -0.05) is 30.3 Å². The second kappa shape index (κ2) is 7.07. The first-order valence-corrected chi connectivity index (χ1v) is 6.73. The number of halogens is 1. The van der Waals surface area contributed by atoms with Crippen LogP contribution in [0.25, 0.3) is 0 Å². The molecule has 0 aliphatic heterocycles. The molecule has 0 radical (unpaired) electrons. The third-order valence-electron chi connectivity index (χ3n) is 2.59. The topological polar surface area (TPSA) is 55.8 Å². The highest BCUT2D eigenvalue weighted by Gasteiger charge is 2.07. The molecule has 2 aromatic carbocycles. The minimum atomic E-state index is -0.993. The summed E-state index contributed by atoms with van der Waals surface area (Å²) in [5.41, 5.74) is 1.22. The van der Waals surface area contributed by atoms with Gasteiger partial charge in [0.05, 0.1) is 16.6 Å². The van der Waals surface area contributed by atoms with Crippen molar-refractivity contribution < 1.29 is 19.4 Å². The van der Waals surface area contributed by atoms with E-state index in [0.717, 1.165) is 5.56 Å². The first-order chi connectivity index (χ1) is 9.66. The van der Waals surface area contributed by atoms with Crippen LogP contribution in [0, 0.1) is 0 Å². The molecule has 2 rings (SSSR count). The number of hydrogen-bond acceptors (Lipinski definition) is 3. The molecule has 0 saturated heterocycles. The summed E-state index contributed by atoms with van der Waals surface area (Å²) in [6.45, 7) is 0.494. The lowest BCUT2D eigenvalue weighted by atomic mass is 10.2. The number of carboxylic acid groups (broad SMARTS) is 1. The van der Waals surface area contributed by atoms with Gasteiger partial charge in [0.2, 0.25) is 0 Å². The molecule has 0 atom stereocenters. The van der Waals surface area contributed by atoms with Gasteiger partial charge in [-0.15, -0.1) is 0 Å². The standard InChI is InChI=1S/C15H13BrO4/c16-13-7-6-12(15(17)18)8-14(13)20-10-19-9-11-4-2-1-3-5-11/h1-8H,9-10H2,(H,17,18). The van der Waals surface area contributed by atoms with Crippen LogP contribution in [0.5, 0.6) is 5.75 Å². The van der Waals surface area contributed by atoms with Crippen LogP contribution in [-0.4, -0.2) is 17.9 Å². The normalized spacial score (nSPS) is 10.2. The second-order valence-corrected chi connectivity index (χ2v) is 4.90. The van der Waals surface area contributed by atoms with Crippen molar-refractivity contribution in [2.24, 2.45) is 0 Å². The third kappa shape index (κ3) is 4.08. The smallest absolute Gasteiger partial charge is 0.335 e. The average molecular weight is 337 g/mol. The molecule has 0 saturated carbocycles. The fourth-order valence-electron chi connectivity index (χ4n) is 1.59. The van der Waals surface area contributed by atoms with Gasteiger partial charge >= 0.3 is 5.97 Å². The molecular formula is C15H13BrO4. The lowest BCUT2D eigenvalue weighted by Crippen LogP contribution is -2.04. The fourth-order valence-corrected chi connectivity index (χ4v) is 1.95.